The summed E-state index contributed by atoms with van der Waals surface area (Å²) in [7, 11) is 0. The van der Waals surface area contributed by atoms with Crippen molar-refractivity contribution in [3.05, 3.63) is 0 Å². The lowest BCUT2D eigenvalue weighted by molar-refractivity contribution is 1.49. The van der Waals surface area contributed by atoms with Gasteiger partial charge in [-0.25, -0.2) is 0 Å². The fourth-order valence-electron chi connectivity index (χ4n) is 0. The van der Waals surface area contributed by atoms with Crippen LogP contribution in [0.2, 0.25) is 0 Å². The highest BCUT2D eigenvalue weighted by molar-refractivity contribution is 5.85. The summed E-state index contributed by atoms with van der Waals surface area (Å²) in [4.78, 5) is 0. The van der Waals surface area contributed by atoms with Crippen molar-refractivity contribution in [3.63, 3.8) is 0 Å². The zero-order valence-corrected chi connectivity index (χ0v) is 4.40. The maximum absolute atomic E-state index is 7.32. The molecule has 0 N–H and O–H groups in total. The highest BCUT2D eigenvalue weighted by atomic mass is 35.5. The van der Waals surface area contributed by atoms with E-state index in [-0.39, 0.29) is 24.8 Å². The third kappa shape index (κ3) is 3560. The topological polar surface area (TPSA) is 23.8 Å². The minimum Gasteiger partial charge on any atom is -0.199 e. The van der Waals surface area contributed by atoms with Crippen molar-refractivity contribution in [3.8, 4) is 6.07 Å². The molecular formula is C2H5Cl2N. The molecule has 3 heteroatoms. The normalized spacial score (nSPS) is 1.60. The van der Waals surface area contributed by atoms with Gasteiger partial charge in [0.05, 0.1) is 6.07 Å². The molecule has 0 fully saturated rings. The van der Waals surface area contributed by atoms with Crippen LogP contribution >= 0.6 is 24.8 Å². The summed E-state index contributed by atoms with van der Waals surface area (Å²) < 4.78 is 0. The van der Waals surface area contributed by atoms with Gasteiger partial charge >= 0.3 is 0 Å². The third-order valence-electron chi connectivity index (χ3n) is 0. The number of nitrogens with zero attached hydrogens (tertiary/aromatic N) is 1. The predicted octanol–water partition coefficient (Wildman–Crippen LogP) is 1.37. The number of hydrogen-bond acceptors (Lipinski definition) is 1. The van der Waals surface area contributed by atoms with Crippen molar-refractivity contribution < 1.29 is 0 Å². The van der Waals surface area contributed by atoms with Crippen molar-refractivity contribution in [1.29, 1.82) is 5.26 Å². The van der Waals surface area contributed by atoms with Crippen molar-refractivity contribution in [1.82, 2.24) is 0 Å². The molecule has 0 saturated carbocycles. The monoisotopic (exact) mass is 113 g/mol. The van der Waals surface area contributed by atoms with Gasteiger partial charge in [-0.15, -0.1) is 24.8 Å². The summed E-state index contributed by atoms with van der Waals surface area (Å²) >= 11 is 0. The van der Waals surface area contributed by atoms with Gasteiger partial charge in [-0.3, -0.25) is 0 Å². The lowest BCUT2D eigenvalue weighted by Crippen LogP contribution is -1.10. The Hall–Kier alpha value is 0.0700. The van der Waals surface area contributed by atoms with Crippen LogP contribution in [0, 0.1) is 11.3 Å². The largest absolute Gasteiger partial charge is 0.199 e. The molecule has 0 aliphatic carbocycles. The Morgan fingerprint density at radius 2 is 1.40 bits per heavy atom. The summed E-state index contributed by atoms with van der Waals surface area (Å²) in [6, 6.07) is 1.75. The highest BCUT2D eigenvalue weighted by Crippen LogP contribution is 1.21. The van der Waals surface area contributed by atoms with Crippen LogP contribution in [0.3, 0.4) is 0 Å². The van der Waals surface area contributed by atoms with E-state index >= 15 is 0 Å². The first-order chi connectivity index (χ1) is 1.41. The molecule has 0 spiro atoms. The summed E-state index contributed by atoms with van der Waals surface area (Å²) in [5.74, 6) is 0. The van der Waals surface area contributed by atoms with Crippen molar-refractivity contribution in [2.24, 2.45) is 0 Å². The molecule has 0 aromatic rings. The number of rotatable bonds is 0. The van der Waals surface area contributed by atoms with E-state index in [1.165, 1.54) is 6.92 Å². The van der Waals surface area contributed by atoms with E-state index < -0.39 is 0 Å². The van der Waals surface area contributed by atoms with Crippen LogP contribution in [0.25, 0.3) is 0 Å². The molecule has 0 bridgehead atoms. The van der Waals surface area contributed by atoms with Gasteiger partial charge in [0, 0.05) is 6.92 Å². The van der Waals surface area contributed by atoms with Crippen molar-refractivity contribution >= 4 is 24.8 Å². The third-order valence-corrected chi connectivity index (χ3v) is 0. The van der Waals surface area contributed by atoms with Gasteiger partial charge in [0.1, 0.15) is 0 Å². The van der Waals surface area contributed by atoms with Gasteiger partial charge < -0.3 is 0 Å². The summed E-state index contributed by atoms with van der Waals surface area (Å²) in [5, 5.41) is 7.32. The summed E-state index contributed by atoms with van der Waals surface area (Å²) in [6.07, 6.45) is 0. The van der Waals surface area contributed by atoms with Gasteiger partial charge in [0.25, 0.3) is 0 Å². The van der Waals surface area contributed by atoms with Crippen LogP contribution in [-0.2, 0) is 0 Å². The van der Waals surface area contributed by atoms with E-state index in [1.54, 1.807) is 6.07 Å². The van der Waals surface area contributed by atoms with Crippen LogP contribution in [0.4, 0.5) is 0 Å². The van der Waals surface area contributed by atoms with E-state index in [1.807, 2.05) is 0 Å². The maximum atomic E-state index is 7.32. The second-order valence-electron chi connectivity index (χ2n) is 0.224. The fourth-order valence-corrected chi connectivity index (χ4v) is 0. The van der Waals surface area contributed by atoms with E-state index in [0.717, 1.165) is 0 Å². The minimum absolute atomic E-state index is 0. The first-order valence-electron chi connectivity index (χ1n) is 0.724. The van der Waals surface area contributed by atoms with Crippen LogP contribution < -0.4 is 0 Å². The molecule has 5 heavy (non-hydrogen) atoms. The number of nitriles is 1. The number of halogens is 2. The van der Waals surface area contributed by atoms with E-state index in [0.29, 0.717) is 0 Å². The van der Waals surface area contributed by atoms with Crippen LogP contribution in [-0.4, -0.2) is 0 Å². The second kappa shape index (κ2) is 33.5. The van der Waals surface area contributed by atoms with E-state index in [2.05, 4.69) is 0 Å². The molecule has 0 aromatic heterocycles. The molecule has 0 radical (unpaired) electrons. The van der Waals surface area contributed by atoms with E-state index in [9.17, 15) is 0 Å². The van der Waals surface area contributed by atoms with Crippen LogP contribution in [0.15, 0.2) is 0 Å². The molecular weight excluding hydrogens is 109 g/mol. The Labute approximate surface area is 43.8 Å². The van der Waals surface area contributed by atoms with Crippen LogP contribution in [0.5, 0.6) is 0 Å². The summed E-state index contributed by atoms with van der Waals surface area (Å²) in [5.41, 5.74) is 0. The molecule has 0 heterocycles. The Morgan fingerprint density at radius 1 is 1.40 bits per heavy atom. The molecule has 0 aliphatic rings. The number of hydrogen-bond donors (Lipinski definition) is 0. The van der Waals surface area contributed by atoms with Gasteiger partial charge in [0.2, 0.25) is 0 Å². The first-order valence-corrected chi connectivity index (χ1v) is 0.724. The molecule has 0 aliphatic heterocycles. The van der Waals surface area contributed by atoms with Crippen molar-refractivity contribution in [2.75, 3.05) is 0 Å². The quantitative estimate of drug-likeness (QED) is 0.466. The molecule has 0 unspecified atom stereocenters. The molecule has 1 nitrogen and oxygen atoms in total. The minimum atomic E-state index is 0. The lowest BCUT2D eigenvalue weighted by Gasteiger charge is -1.15. The molecule has 0 aromatic carbocycles. The van der Waals surface area contributed by atoms with Gasteiger partial charge in [-0.2, -0.15) is 5.26 Å². The Kier molecular flexibility index (Phi) is 131. The Morgan fingerprint density at radius 3 is 1.40 bits per heavy atom. The Balaban J connectivity index is -0.0000000200. The van der Waals surface area contributed by atoms with Gasteiger partial charge in [0.15, 0.2) is 0 Å². The lowest BCUT2D eigenvalue weighted by atomic mass is 11.0. The van der Waals surface area contributed by atoms with Gasteiger partial charge in [-0.1, -0.05) is 0 Å². The molecule has 0 amide bonds. The Bertz CT molecular complexity index is 29.1. The highest BCUT2D eigenvalue weighted by Gasteiger charge is 1.17. The van der Waals surface area contributed by atoms with E-state index in [4.69, 9.17) is 5.26 Å². The zero-order valence-electron chi connectivity index (χ0n) is 2.76. The zero-order chi connectivity index (χ0) is 2.71. The van der Waals surface area contributed by atoms with Crippen LogP contribution in [0.1, 0.15) is 6.92 Å². The SMILES string of the molecule is CC#N.Cl.Cl. The fraction of sp³-hybridized carbons (Fsp3) is 0.500. The second-order valence-corrected chi connectivity index (χ2v) is 0.224. The van der Waals surface area contributed by atoms with Crippen molar-refractivity contribution in [2.45, 2.75) is 6.92 Å². The molecule has 0 atom stereocenters. The summed E-state index contributed by atoms with van der Waals surface area (Å²) in [6.45, 7) is 1.43. The molecule has 0 rings (SSSR count). The van der Waals surface area contributed by atoms with Gasteiger partial charge in [-0.05, 0) is 0 Å². The first kappa shape index (κ1) is 19.6. The average Bonchev–Trinajstić information content (AvgIpc) is 0.918. The molecule has 32 valence electrons. The smallest absolute Gasteiger partial charge is 0.0587 e. The average molecular weight is 114 g/mol. The predicted molar refractivity (Wildman–Crippen MR) is 25.8 cm³/mol. The maximum Gasteiger partial charge on any atom is 0.0587 e. The standard InChI is InChI=1S/C2H3N.2ClH/c1-2-3;;/h1H3;2*1H. The molecule has 0 saturated heterocycles.